The highest BCUT2D eigenvalue weighted by molar-refractivity contribution is 5.99. The molecule has 2 aromatic rings. The molecule has 7 heteroatoms. The van der Waals surface area contributed by atoms with E-state index in [-0.39, 0.29) is 18.4 Å². The first-order valence-corrected chi connectivity index (χ1v) is 7.85. The molecule has 0 fully saturated rings. The Morgan fingerprint density at radius 3 is 2.58 bits per heavy atom. The number of nitrogens with zero attached hydrogens (tertiary/aromatic N) is 2. The van der Waals surface area contributed by atoms with E-state index < -0.39 is 5.82 Å². The van der Waals surface area contributed by atoms with Crippen LogP contribution in [0.1, 0.15) is 36.5 Å². The maximum Gasteiger partial charge on any atom is 0.254 e. The lowest BCUT2D eigenvalue weighted by atomic mass is 10.1. The van der Waals surface area contributed by atoms with Crippen LogP contribution in [-0.2, 0) is 4.79 Å². The first-order chi connectivity index (χ1) is 11.6. The summed E-state index contributed by atoms with van der Waals surface area (Å²) in [5.74, 6) is -0.784. The lowest BCUT2D eigenvalue weighted by Crippen LogP contribution is -2.38. The number of amides is 2. The van der Waals surface area contributed by atoms with Crippen molar-refractivity contribution in [2.24, 2.45) is 0 Å². The summed E-state index contributed by atoms with van der Waals surface area (Å²) in [6.07, 6.45) is 4.10. The second kappa shape index (κ2) is 8.81. The number of rotatable bonds is 8. The maximum atomic E-state index is 13.0. The number of carbonyl (C=O) groups is 2. The molecule has 0 aliphatic heterocycles. The molecule has 128 valence electrons. The SMILES string of the molecule is CCCCCN(CC(=O)Nc1ccon1)C(=O)c1ccc(F)cc1. The zero-order valence-corrected chi connectivity index (χ0v) is 13.5. The van der Waals surface area contributed by atoms with Crippen LogP contribution in [0.15, 0.2) is 41.1 Å². The minimum Gasteiger partial charge on any atom is -0.363 e. The second-order valence-corrected chi connectivity index (χ2v) is 5.37. The fraction of sp³-hybridized carbons (Fsp3) is 0.353. The Bertz CT molecular complexity index is 656. The van der Waals surface area contributed by atoms with Crippen molar-refractivity contribution in [1.82, 2.24) is 10.1 Å². The summed E-state index contributed by atoms with van der Waals surface area (Å²) in [6, 6.07) is 6.81. The Kier molecular flexibility index (Phi) is 6.48. The molecular weight excluding hydrogens is 313 g/mol. The van der Waals surface area contributed by atoms with Gasteiger partial charge >= 0.3 is 0 Å². The van der Waals surface area contributed by atoms with Crippen LogP contribution < -0.4 is 5.32 Å². The molecule has 0 bridgehead atoms. The van der Waals surface area contributed by atoms with Crippen molar-refractivity contribution in [3.63, 3.8) is 0 Å². The van der Waals surface area contributed by atoms with Crippen LogP contribution in [0.25, 0.3) is 0 Å². The first kappa shape index (κ1) is 17.7. The van der Waals surface area contributed by atoms with Gasteiger partial charge in [-0.05, 0) is 30.7 Å². The molecule has 1 heterocycles. The number of hydrogen-bond acceptors (Lipinski definition) is 4. The summed E-state index contributed by atoms with van der Waals surface area (Å²) in [5, 5.41) is 6.16. The third-order valence-corrected chi connectivity index (χ3v) is 3.45. The predicted octanol–water partition coefficient (Wildman–Crippen LogP) is 3.08. The zero-order valence-electron chi connectivity index (χ0n) is 13.5. The summed E-state index contributed by atoms with van der Waals surface area (Å²) in [5.41, 5.74) is 0.349. The number of nitrogens with one attached hydrogen (secondary N) is 1. The molecule has 24 heavy (non-hydrogen) atoms. The molecular formula is C17H20FN3O3. The lowest BCUT2D eigenvalue weighted by molar-refractivity contribution is -0.117. The molecule has 0 saturated carbocycles. The van der Waals surface area contributed by atoms with Crippen molar-refractivity contribution < 1.29 is 18.5 Å². The van der Waals surface area contributed by atoms with Crippen molar-refractivity contribution in [3.8, 4) is 0 Å². The van der Waals surface area contributed by atoms with E-state index >= 15 is 0 Å². The van der Waals surface area contributed by atoms with Crippen LogP contribution >= 0.6 is 0 Å². The lowest BCUT2D eigenvalue weighted by Gasteiger charge is -2.22. The molecule has 0 aliphatic carbocycles. The Morgan fingerprint density at radius 2 is 1.96 bits per heavy atom. The van der Waals surface area contributed by atoms with E-state index in [1.165, 1.54) is 41.5 Å². The zero-order chi connectivity index (χ0) is 17.4. The number of benzene rings is 1. The topological polar surface area (TPSA) is 75.4 Å². The fourth-order valence-electron chi connectivity index (χ4n) is 2.21. The molecule has 0 unspecified atom stereocenters. The molecule has 0 radical (unpaired) electrons. The molecule has 1 aromatic heterocycles. The number of hydrogen-bond donors (Lipinski definition) is 1. The number of unbranched alkanes of at least 4 members (excludes halogenated alkanes) is 2. The third kappa shape index (κ3) is 5.19. The van der Waals surface area contributed by atoms with Crippen molar-refractivity contribution in [2.75, 3.05) is 18.4 Å². The highest BCUT2D eigenvalue weighted by atomic mass is 19.1. The van der Waals surface area contributed by atoms with Crippen molar-refractivity contribution in [1.29, 1.82) is 0 Å². The van der Waals surface area contributed by atoms with Crippen LogP contribution in [0.3, 0.4) is 0 Å². The van der Waals surface area contributed by atoms with Gasteiger partial charge < -0.3 is 14.7 Å². The van der Waals surface area contributed by atoms with Crippen LogP contribution in [0.5, 0.6) is 0 Å². The van der Waals surface area contributed by atoms with Gasteiger partial charge in [0.25, 0.3) is 5.91 Å². The van der Waals surface area contributed by atoms with Gasteiger partial charge in [0.05, 0.1) is 0 Å². The van der Waals surface area contributed by atoms with Gasteiger partial charge in [0.1, 0.15) is 18.6 Å². The molecule has 0 atom stereocenters. The van der Waals surface area contributed by atoms with E-state index in [4.69, 9.17) is 0 Å². The van der Waals surface area contributed by atoms with E-state index in [0.717, 1.165) is 19.3 Å². The summed E-state index contributed by atoms with van der Waals surface area (Å²) >= 11 is 0. The van der Waals surface area contributed by atoms with E-state index in [1.54, 1.807) is 0 Å². The molecule has 1 aromatic carbocycles. The van der Waals surface area contributed by atoms with Crippen LogP contribution in [0, 0.1) is 5.82 Å². The fourth-order valence-corrected chi connectivity index (χ4v) is 2.21. The minimum atomic E-state index is -0.409. The van der Waals surface area contributed by atoms with Gasteiger partial charge in [-0.1, -0.05) is 24.9 Å². The average molecular weight is 333 g/mol. The second-order valence-electron chi connectivity index (χ2n) is 5.37. The Labute approximate surface area is 139 Å². The number of halogens is 1. The smallest absolute Gasteiger partial charge is 0.254 e. The molecule has 0 spiro atoms. The summed E-state index contributed by atoms with van der Waals surface area (Å²) in [6.45, 7) is 2.41. The molecule has 0 aliphatic rings. The first-order valence-electron chi connectivity index (χ1n) is 7.85. The Balaban J connectivity index is 2.03. The molecule has 1 N–H and O–H groups in total. The van der Waals surface area contributed by atoms with Gasteiger partial charge in [0, 0.05) is 18.2 Å². The van der Waals surface area contributed by atoms with Crippen molar-refractivity contribution in [2.45, 2.75) is 26.2 Å². The van der Waals surface area contributed by atoms with E-state index in [9.17, 15) is 14.0 Å². The molecule has 2 rings (SSSR count). The van der Waals surface area contributed by atoms with Gasteiger partial charge in [0.2, 0.25) is 5.91 Å². The Hall–Kier alpha value is -2.70. The molecule has 0 saturated heterocycles. The maximum absolute atomic E-state index is 13.0. The highest BCUT2D eigenvalue weighted by Gasteiger charge is 2.19. The molecule has 6 nitrogen and oxygen atoms in total. The molecule has 2 amide bonds. The van der Waals surface area contributed by atoms with Crippen LogP contribution in [-0.4, -0.2) is 35.0 Å². The van der Waals surface area contributed by atoms with Gasteiger partial charge in [-0.15, -0.1) is 0 Å². The van der Waals surface area contributed by atoms with Gasteiger partial charge in [-0.2, -0.15) is 0 Å². The largest absolute Gasteiger partial charge is 0.363 e. The standard InChI is InChI=1S/C17H20FN3O3/c1-2-3-4-10-21(12-16(22)19-15-9-11-24-20-15)17(23)13-5-7-14(18)8-6-13/h5-9,11H,2-4,10,12H2,1H3,(H,19,20,22). The third-order valence-electron chi connectivity index (χ3n) is 3.45. The monoisotopic (exact) mass is 333 g/mol. The summed E-state index contributed by atoms with van der Waals surface area (Å²) in [7, 11) is 0. The minimum absolute atomic E-state index is 0.104. The number of carbonyl (C=O) groups excluding carboxylic acids is 2. The Morgan fingerprint density at radius 1 is 1.21 bits per heavy atom. The van der Waals surface area contributed by atoms with Crippen LogP contribution in [0.2, 0.25) is 0 Å². The summed E-state index contributed by atoms with van der Waals surface area (Å²) in [4.78, 5) is 26.1. The number of anilines is 1. The predicted molar refractivity (Wildman–Crippen MR) is 87.0 cm³/mol. The van der Waals surface area contributed by atoms with E-state index in [0.29, 0.717) is 17.9 Å². The van der Waals surface area contributed by atoms with Gasteiger partial charge in [0.15, 0.2) is 5.82 Å². The van der Waals surface area contributed by atoms with Crippen molar-refractivity contribution in [3.05, 3.63) is 48.0 Å². The normalized spacial score (nSPS) is 10.4. The van der Waals surface area contributed by atoms with E-state index in [1.807, 2.05) is 0 Å². The quantitative estimate of drug-likeness (QED) is 0.753. The van der Waals surface area contributed by atoms with Gasteiger partial charge in [-0.25, -0.2) is 4.39 Å². The van der Waals surface area contributed by atoms with Crippen LogP contribution in [0.4, 0.5) is 10.2 Å². The van der Waals surface area contributed by atoms with Crippen molar-refractivity contribution >= 4 is 17.6 Å². The highest BCUT2D eigenvalue weighted by Crippen LogP contribution is 2.09. The average Bonchev–Trinajstić information content (AvgIpc) is 3.07. The van der Waals surface area contributed by atoms with E-state index in [2.05, 4.69) is 21.9 Å². The number of aromatic nitrogens is 1. The van der Waals surface area contributed by atoms with Gasteiger partial charge in [-0.3, -0.25) is 9.59 Å². The summed E-state index contributed by atoms with van der Waals surface area (Å²) < 4.78 is 17.7.